The van der Waals surface area contributed by atoms with Gasteiger partial charge in [-0.05, 0) is 54.0 Å². The Hall–Kier alpha value is -2.80. The summed E-state index contributed by atoms with van der Waals surface area (Å²) in [7, 11) is -2.43. The minimum atomic E-state index is -2.43. The maximum absolute atomic E-state index is 13.7. The first kappa shape index (κ1) is 21.1. The summed E-state index contributed by atoms with van der Waals surface area (Å²) in [6, 6.07) is 10.6. The molecule has 0 radical (unpaired) electrons. The fourth-order valence-corrected chi connectivity index (χ4v) is 6.57. The van der Waals surface area contributed by atoms with Crippen LogP contribution in [0.2, 0.25) is 0 Å². The molecule has 4 aromatic rings. The van der Waals surface area contributed by atoms with Gasteiger partial charge >= 0.3 is 0 Å². The number of rotatable bonds is 4. The molecule has 7 heteroatoms. The largest absolute Gasteiger partial charge is 0.278 e. The van der Waals surface area contributed by atoms with Gasteiger partial charge < -0.3 is 0 Å². The molecule has 2 heterocycles. The second-order valence-electron chi connectivity index (χ2n) is 9.07. The number of fused-ring (bicyclic) bond motifs is 2. The minimum Gasteiger partial charge on any atom is -0.278 e. The highest BCUT2D eigenvalue weighted by Gasteiger charge is 2.25. The van der Waals surface area contributed by atoms with Crippen LogP contribution in [-0.2, 0) is 9.73 Å². The summed E-state index contributed by atoms with van der Waals surface area (Å²) in [5.41, 5.74) is 3.60. The van der Waals surface area contributed by atoms with Crippen LogP contribution in [0.4, 0.5) is 10.2 Å². The first-order valence-electron chi connectivity index (χ1n) is 11.1. The highest BCUT2D eigenvalue weighted by Crippen LogP contribution is 2.41. The number of hydrogen-bond acceptors (Lipinski definition) is 4. The van der Waals surface area contributed by atoms with Gasteiger partial charge in [-0.3, -0.25) is 5.10 Å². The van der Waals surface area contributed by atoms with Crippen molar-refractivity contribution in [2.75, 3.05) is 6.26 Å². The van der Waals surface area contributed by atoms with Gasteiger partial charge in [-0.25, -0.2) is 13.6 Å². The van der Waals surface area contributed by atoms with Crippen LogP contribution in [0.15, 0.2) is 47.0 Å². The lowest BCUT2D eigenvalue weighted by Gasteiger charge is -2.18. The Kier molecular flexibility index (Phi) is 5.24. The second kappa shape index (κ2) is 7.96. The molecule has 1 fully saturated rings. The second-order valence-corrected chi connectivity index (χ2v) is 11.6. The summed E-state index contributed by atoms with van der Waals surface area (Å²) in [5, 5.41) is 10.1. The molecule has 2 aromatic heterocycles. The van der Waals surface area contributed by atoms with Crippen LogP contribution in [0.1, 0.15) is 51.1 Å². The van der Waals surface area contributed by atoms with E-state index in [9.17, 15) is 8.60 Å². The molecule has 1 aliphatic rings. The zero-order valence-electron chi connectivity index (χ0n) is 18.6. The lowest BCUT2D eigenvalue weighted by molar-refractivity contribution is 0.628. The van der Waals surface area contributed by atoms with E-state index in [4.69, 9.17) is 9.35 Å². The van der Waals surface area contributed by atoms with Crippen LogP contribution in [-0.4, -0.2) is 30.9 Å². The molecule has 5 nitrogen and oxygen atoms in total. The van der Waals surface area contributed by atoms with Crippen molar-refractivity contribution in [3.8, 4) is 11.1 Å². The lowest BCUT2D eigenvalue weighted by atomic mass is 9.92. The Bertz CT molecular complexity index is 1430. The number of aromatic amines is 1. The molecule has 2 aromatic carbocycles. The van der Waals surface area contributed by atoms with Crippen LogP contribution >= 0.6 is 0 Å². The van der Waals surface area contributed by atoms with Crippen molar-refractivity contribution in [2.24, 2.45) is 4.36 Å². The third kappa shape index (κ3) is 3.68. The third-order valence-corrected chi connectivity index (χ3v) is 8.68. The van der Waals surface area contributed by atoms with Crippen molar-refractivity contribution in [2.45, 2.75) is 50.7 Å². The molecule has 5 rings (SSSR count). The maximum Gasteiger partial charge on any atom is 0.169 e. The third-order valence-electron chi connectivity index (χ3n) is 6.44. The number of H-pyrrole nitrogens is 1. The van der Waals surface area contributed by atoms with Crippen molar-refractivity contribution in [3.05, 3.63) is 54.1 Å². The quantitative estimate of drug-likeness (QED) is 0.375. The van der Waals surface area contributed by atoms with E-state index in [0.29, 0.717) is 5.82 Å². The number of pyridine rings is 1. The van der Waals surface area contributed by atoms with Gasteiger partial charge in [0.05, 0.1) is 27.1 Å². The van der Waals surface area contributed by atoms with E-state index in [2.05, 4.69) is 30.1 Å². The van der Waals surface area contributed by atoms with Gasteiger partial charge in [0.2, 0.25) is 0 Å². The normalized spacial score (nSPS) is 16.8. The highest BCUT2D eigenvalue weighted by atomic mass is 32.2. The minimum absolute atomic E-state index is 0.104. The Balaban J connectivity index is 1.87. The molecule has 0 spiro atoms. The molecule has 0 saturated heterocycles. The van der Waals surface area contributed by atoms with E-state index in [0.717, 1.165) is 64.2 Å². The SMILES string of the molecule is CC(C)c1nc(N=S(C)(=O)C2CCCC2)c2cc3[nH]ncc3cc2c1-c1ccc(F)cc1. The van der Waals surface area contributed by atoms with E-state index >= 15 is 0 Å². The fourth-order valence-electron chi connectivity index (χ4n) is 4.73. The van der Waals surface area contributed by atoms with E-state index in [1.165, 1.54) is 12.1 Å². The monoisotopic (exact) mass is 450 g/mol. The summed E-state index contributed by atoms with van der Waals surface area (Å²) < 4.78 is 32.1. The van der Waals surface area contributed by atoms with Gasteiger partial charge in [0.1, 0.15) is 5.82 Å². The standard InChI is InChI=1S/C25H27FN4OS/c1-15(2)24-23(16-8-10-18(26)11-9-16)20-12-17-14-27-29-22(17)13-21(20)25(28-24)30-32(3,31)19-6-4-5-7-19/h8-15,19H,4-7H2,1-3H3,(H,27,29). The molecule has 0 bridgehead atoms. The van der Waals surface area contributed by atoms with Gasteiger partial charge in [0.15, 0.2) is 5.82 Å². The molecule has 1 atom stereocenters. The van der Waals surface area contributed by atoms with E-state index in [1.54, 1.807) is 24.6 Å². The number of benzene rings is 2. The van der Waals surface area contributed by atoms with Crippen molar-refractivity contribution in [3.63, 3.8) is 0 Å². The first-order valence-corrected chi connectivity index (χ1v) is 13.1. The van der Waals surface area contributed by atoms with E-state index < -0.39 is 9.73 Å². The average Bonchev–Trinajstić information content (AvgIpc) is 3.45. The van der Waals surface area contributed by atoms with Gasteiger partial charge in [-0.1, -0.05) is 38.8 Å². The predicted octanol–water partition coefficient (Wildman–Crippen LogP) is 6.71. The molecule has 1 unspecified atom stereocenters. The Morgan fingerprint density at radius 1 is 1.12 bits per heavy atom. The molecule has 0 amide bonds. The molecule has 32 heavy (non-hydrogen) atoms. The number of nitrogens with zero attached hydrogens (tertiary/aromatic N) is 3. The molecule has 0 aliphatic heterocycles. The topological polar surface area (TPSA) is 71.0 Å². The average molecular weight is 451 g/mol. The molecule has 1 N–H and O–H groups in total. The molecule has 1 saturated carbocycles. The lowest BCUT2D eigenvalue weighted by Crippen LogP contribution is -2.15. The van der Waals surface area contributed by atoms with Crippen molar-refractivity contribution in [1.82, 2.24) is 15.2 Å². The van der Waals surface area contributed by atoms with Crippen LogP contribution in [0.3, 0.4) is 0 Å². The zero-order valence-corrected chi connectivity index (χ0v) is 19.4. The Labute approximate surface area is 187 Å². The maximum atomic E-state index is 13.7. The Morgan fingerprint density at radius 2 is 1.84 bits per heavy atom. The van der Waals surface area contributed by atoms with Crippen LogP contribution in [0.25, 0.3) is 32.8 Å². The summed E-state index contributed by atoms with van der Waals surface area (Å²) in [6.45, 7) is 4.17. The smallest absolute Gasteiger partial charge is 0.169 e. The van der Waals surface area contributed by atoms with Crippen LogP contribution < -0.4 is 0 Å². The Morgan fingerprint density at radius 3 is 2.53 bits per heavy atom. The number of aromatic nitrogens is 3. The van der Waals surface area contributed by atoms with Crippen LogP contribution in [0, 0.1) is 5.82 Å². The first-order chi connectivity index (χ1) is 15.3. The number of halogens is 1. The summed E-state index contributed by atoms with van der Waals surface area (Å²) >= 11 is 0. The number of nitrogens with one attached hydrogen (secondary N) is 1. The molecule has 1 aliphatic carbocycles. The van der Waals surface area contributed by atoms with Crippen LogP contribution in [0.5, 0.6) is 0 Å². The fraction of sp³-hybridized carbons (Fsp3) is 0.360. The van der Waals surface area contributed by atoms with Gasteiger partial charge in [-0.2, -0.15) is 9.46 Å². The van der Waals surface area contributed by atoms with Crippen molar-refractivity contribution in [1.29, 1.82) is 0 Å². The molecule has 166 valence electrons. The molecular weight excluding hydrogens is 423 g/mol. The van der Waals surface area contributed by atoms with E-state index in [-0.39, 0.29) is 17.0 Å². The summed E-state index contributed by atoms with van der Waals surface area (Å²) in [6.07, 6.45) is 7.67. The van der Waals surface area contributed by atoms with Gasteiger partial charge in [-0.15, -0.1) is 0 Å². The summed E-state index contributed by atoms with van der Waals surface area (Å²) in [4.78, 5) is 4.97. The van der Waals surface area contributed by atoms with Gasteiger partial charge in [0, 0.05) is 27.8 Å². The zero-order chi connectivity index (χ0) is 22.5. The van der Waals surface area contributed by atoms with Crippen molar-refractivity contribution >= 4 is 37.2 Å². The predicted molar refractivity (Wildman–Crippen MR) is 129 cm³/mol. The van der Waals surface area contributed by atoms with Gasteiger partial charge in [0.25, 0.3) is 0 Å². The number of hydrogen-bond donors (Lipinski definition) is 1. The summed E-state index contributed by atoms with van der Waals surface area (Å²) in [5.74, 6) is 0.349. The van der Waals surface area contributed by atoms with Crippen molar-refractivity contribution < 1.29 is 8.60 Å². The van der Waals surface area contributed by atoms with E-state index in [1.807, 2.05) is 6.07 Å². The molecular formula is C25H27FN4OS. The highest BCUT2D eigenvalue weighted by molar-refractivity contribution is 7.93.